The number of carbonyl (C=O) groups excluding carboxylic acids is 1. The first-order valence-corrected chi connectivity index (χ1v) is 8.62. The lowest BCUT2D eigenvalue weighted by molar-refractivity contribution is 0.0931. The molecular weight excluding hydrogens is 312 g/mol. The fourth-order valence-electron chi connectivity index (χ4n) is 3.74. The molecule has 0 saturated heterocycles. The van der Waals surface area contributed by atoms with Gasteiger partial charge in [-0.2, -0.15) is 0 Å². The van der Waals surface area contributed by atoms with Crippen LogP contribution >= 0.6 is 0 Å². The van der Waals surface area contributed by atoms with E-state index in [0.29, 0.717) is 5.39 Å². The number of aromatic nitrogens is 1. The number of carbonyl (C=O) groups is 1. The number of aryl methyl sites for hydroxylation is 2. The van der Waals surface area contributed by atoms with E-state index in [4.69, 9.17) is 0 Å². The summed E-state index contributed by atoms with van der Waals surface area (Å²) in [5.41, 5.74) is 3.26. The van der Waals surface area contributed by atoms with E-state index in [1.54, 1.807) is 12.3 Å². The van der Waals surface area contributed by atoms with Crippen LogP contribution in [0.3, 0.4) is 0 Å². The van der Waals surface area contributed by atoms with E-state index in [-0.39, 0.29) is 22.9 Å². The third kappa shape index (κ3) is 2.74. The zero-order chi connectivity index (χ0) is 17.4. The first-order valence-electron chi connectivity index (χ1n) is 8.62. The Balaban J connectivity index is 1.70. The minimum absolute atomic E-state index is 0.0337. The average molecular weight is 332 g/mol. The van der Waals surface area contributed by atoms with Crippen molar-refractivity contribution in [1.29, 1.82) is 0 Å². The largest absolute Gasteiger partial charge is 0.350 e. The van der Waals surface area contributed by atoms with Crippen LogP contribution in [-0.4, -0.2) is 10.5 Å². The quantitative estimate of drug-likeness (QED) is 0.782. The van der Waals surface area contributed by atoms with E-state index in [0.717, 1.165) is 24.8 Å². The fourth-order valence-corrected chi connectivity index (χ4v) is 3.74. The van der Waals surface area contributed by atoms with Crippen LogP contribution in [0.5, 0.6) is 0 Å². The molecule has 4 rings (SSSR count). The summed E-state index contributed by atoms with van der Waals surface area (Å²) in [5.74, 6) is -0.298. The molecule has 0 aliphatic heterocycles. The molecule has 1 heterocycles. The highest BCUT2D eigenvalue weighted by atomic mass is 16.2. The lowest BCUT2D eigenvalue weighted by Gasteiger charge is -2.26. The van der Waals surface area contributed by atoms with Crippen molar-refractivity contribution in [3.8, 4) is 0 Å². The van der Waals surface area contributed by atoms with Gasteiger partial charge in [0.2, 0.25) is 5.43 Å². The molecule has 0 saturated carbocycles. The SMILES string of the molecule is Cn1cc(C(=O)N[C@@H]2CCCc3ccccc32)c(=O)c2ccccc21. The molecule has 0 spiro atoms. The van der Waals surface area contributed by atoms with Gasteiger partial charge in [0.05, 0.1) is 11.6 Å². The van der Waals surface area contributed by atoms with E-state index in [1.165, 1.54) is 11.1 Å². The summed E-state index contributed by atoms with van der Waals surface area (Å²) in [7, 11) is 1.86. The number of nitrogens with zero attached hydrogens (tertiary/aromatic N) is 1. The summed E-state index contributed by atoms with van der Waals surface area (Å²) in [6, 6.07) is 15.5. The Labute approximate surface area is 146 Å². The minimum atomic E-state index is -0.298. The van der Waals surface area contributed by atoms with E-state index < -0.39 is 0 Å². The van der Waals surface area contributed by atoms with Gasteiger partial charge in [-0.25, -0.2) is 0 Å². The number of hydrogen-bond donors (Lipinski definition) is 1. The van der Waals surface area contributed by atoms with Crippen molar-refractivity contribution in [3.63, 3.8) is 0 Å². The van der Waals surface area contributed by atoms with E-state index >= 15 is 0 Å². The normalized spacial score (nSPS) is 16.4. The lowest BCUT2D eigenvalue weighted by Crippen LogP contribution is -2.34. The second-order valence-corrected chi connectivity index (χ2v) is 6.62. The molecule has 1 N–H and O–H groups in total. The maximum Gasteiger partial charge on any atom is 0.257 e. The molecular formula is C21H20N2O2. The number of rotatable bonds is 2. The Morgan fingerprint density at radius 1 is 1.12 bits per heavy atom. The van der Waals surface area contributed by atoms with Crippen LogP contribution in [0, 0.1) is 0 Å². The summed E-state index contributed by atoms with van der Waals surface area (Å²) in [6.07, 6.45) is 4.61. The molecule has 1 amide bonds. The third-order valence-corrected chi connectivity index (χ3v) is 5.02. The molecule has 0 bridgehead atoms. The Morgan fingerprint density at radius 2 is 1.88 bits per heavy atom. The van der Waals surface area contributed by atoms with Gasteiger partial charge in [-0.15, -0.1) is 0 Å². The van der Waals surface area contributed by atoms with E-state index in [2.05, 4.69) is 17.4 Å². The molecule has 1 aliphatic carbocycles. The summed E-state index contributed by atoms with van der Waals surface area (Å²) in [4.78, 5) is 25.6. The first-order chi connectivity index (χ1) is 12.1. The second-order valence-electron chi connectivity index (χ2n) is 6.62. The number of para-hydroxylation sites is 1. The molecule has 2 aromatic carbocycles. The van der Waals surface area contributed by atoms with Crippen LogP contribution in [-0.2, 0) is 13.5 Å². The Bertz CT molecular complexity index is 1020. The second kappa shape index (κ2) is 6.20. The maximum absolute atomic E-state index is 12.8. The number of hydrogen-bond acceptors (Lipinski definition) is 2. The summed E-state index contributed by atoms with van der Waals surface area (Å²) in [6.45, 7) is 0. The van der Waals surface area contributed by atoms with Crippen LogP contribution in [0.25, 0.3) is 10.9 Å². The van der Waals surface area contributed by atoms with Gasteiger partial charge in [-0.3, -0.25) is 9.59 Å². The highest BCUT2D eigenvalue weighted by Gasteiger charge is 2.23. The molecule has 0 radical (unpaired) electrons. The smallest absolute Gasteiger partial charge is 0.257 e. The van der Waals surface area contributed by atoms with Gasteiger partial charge in [0.25, 0.3) is 5.91 Å². The Morgan fingerprint density at radius 3 is 2.76 bits per heavy atom. The zero-order valence-corrected chi connectivity index (χ0v) is 14.2. The Hall–Kier alpha value is -2.88. The highest BCUT2D eigenvalue weighted by Crippen LogP contribution is 2.29. The van der Waals surface area contributed by atoms with Crippen molar-refractivity contribution in [2.75, 3.05) is 0 Å². The van der Waals surface area contributed by atoms with Crippen molar-refractivity contribution in [2.24, 2.45) is 7.05 Å². The van der Waals surface area contributed by atoms with Crippen LogP contribution in [0.1, 0.15) is 40.4 Å². The van der Waals surface area contributed by atoms with Crippen LogP contribution in [0.15, 0.2) is 59.5 Å². The third-order valence-electron chi connectivity index (χ3n) is 5.02. The average Bonchev–Trinajstić information content (AvgIpc) is 2.65. The van der Waals surface area contributed by atoms with Gasteiger partial charge in [0.1, 0.15) is 5.56 Å². The van der Waals surface area contributed by atoms with Crippen LogP contribution < -0.4 is 10.7 Å². The monoisotopic (exact) mass is 332 g/mol. The lowest BCUT2D eigenvalue weighted by atomic mass is 9.87. The van der Waals surface area contributed by atoms with Crippen molar-refractivity contribution in [3.05, 3.63) is 81.6 Å². The molecule has 1 aromatic heterocycles. The number of amides is 1. The van der Waals surface area contributed by atoms with Crippen LogP contribution in [0.4, 0.5) is 0 Å². The topological polar surface area (TPSA) is 51.1 Å². The van der Waals surface area contributed by atoms with E-state index in [1.807, 2.05) is 41.9 Å². The van der Waals surface area contributed by atoms with Gasteiger partial charge < -0.3 is 9.88 Å². The van der Waals surface area contributed by atoms with Gasteiger partial charge in [-0.05, 0) is 42.5 Å². The molecule has 25 heavy (non-hydrogen) atoms. The molecule has 0 unspecified atom stereocenters. The minimum Gasteiger partial charge on any atom is -0.350 e. The molecule has 1 atom stereocenters. The van der Waals surface area contributed by atoms with Gasteiger partial charge in [0, 0.05) is 18.6 Å². The molecule has 4 heteroatoms. The fraction of sp³-hybridized carbons (Fsp3) is 0.238. The van der Waals surface area contributed by atoms with Crippen molar-refractivity contribution < 1.29 is 4.79 Å². The number of benzene rings is 2. The standard InChI is InChI=1S/C21H20N2O2/c1-23-13-17(20(24)16-10-4-5-12-19(16)23)21(25)22-18-11-6-8-14-7-2-3-9-15(14)18/h2-5,7,9-10,12-13,18H,6,8,11H2,1H3,(H,22,25)/t18-/m1/s1. The van der Waals surface area contributed by atoms with Crippen molar-refractivity contribution in [2.45, 2.75) is 25.3 Å². The summed E-state index contributed by atoms with van der Waals surface area (Å²) >= 11 is 0. The predicted octanol–water partition coefficient (Wildman–Crippen LogP) is 3.35. The summed E-state index contributed by atoms with van der Waals surface area (Å²) in [5, 5.41) is 3.64. The van der Waals surface area contributed by atoms with Gasteiger partial charge in [0.15, 0.2) is 0 Å². The zero-order valence-electron chi connectivity index (χ0n) is 14.2. The maximum atomic E-state index is 12.8. The highest BCUT2D eigenvalue weighted by molar-refractivity contribution is 5.97. The predicted molar refractivity (Wildman–Crippen MR) is 98.8 cm³/mol. The van der Waals surface area contributed by atoms with Crippen molar-refractivity contribution >= 4 is 16.8 Å². The summed E-state index contributed by atoms with van der Waals surface area (Å²) < 4.78 is 1.83. The van der Waals surface area contributed by atoms with Crippen LogP contribution in [0.2, 0.25) is 0 Å². The first kappa shape index (κ1) is 15.6. The number of pyridine rings is 1. The molecule has 3 aromatic rings. The molecule has 126 valence electrons. The van der Waals surface area contributed by atoms with E-state index in [9.17, 15) is 9.59 Å². The number of fused-ring (bicyclic) bond motifs is 2. The molecule has 1 aliphatic rings. The Kier molecular flexibility index (Phi) is 3.88. The van der Waals surface area contributed by atoms with Gasteiger partial charge in [-0.1, -0.05) is 36.4 Å². The molecule has 0 fully saturated rings. The van der Waals surface area contributed by atoms with Gasteiger partial charge >= 0.3 is 0 Å². The van der Waals surface area contributed by atoms with Crippen molar-refractivity contribution in [1.82, 2.24) is 9.88 Å². The molecule has 4 nitrogen and oxygen atoms in total. The number of nitrogens with one attached hydrogen (secondary N) is 1.